The number of carboxylic acids is 1. The topological polar surface area (TPSA) is 78.4 Å². The number of halogens is 3. The van der Waals surface area contributed by atoms with Crippen LogP contribution in [0.4, 0.5) is 19.3 Å². The van der Waals surface area contributed by atoms with Gasteiger partial charge in [0.15, 0.2) is 0 Å². The first kappa shape index (κ1) is 14.4. The zero-order valence-corrected chi connectivity index (χ0v) is 10.7. The lowest BCUT2D eigenvalue weighted by atomic mass is 10.3. The van der Waals surface area contributed by atoms with Crippen LogP contribution in [-0.4, -0.2) is 23.1 Å². The van der Waals surface area contributed by atoms with Gasteiger partial charge in [0.25, 0.3) is 0 Å². The Morgan fingerprint density at radius 1 is 1.33 bits per heavy atom. The van der Waals surface area contributed by atoms with E-state index in [0.717, 1.165) is 12.1 Å². The zero-order valence-electron chi connectivity index (χ0n) is 9.13. The molecule has 0 saturated heterocycles. The molecule has 1 rings (SSSR count). The van der Waals surface area contributed by atoms with E-state index in [2.05, 4.69) is 15.9 Å². The van der Waals surface area contributed by atoms with Gasteiger partial charge in [-0.05, 0) is 28.9 Å². The van der Waals surface area contributed by atoms with Crippen molar-refractivity contribution in [1.29, 1.82) is 0 Å². The lowest BCUT2D eigenvalue weighted by molar-refractivity contribution is -0.138. The minimum Gasteiger partial charge on any atom is -0.480 e. The summed E-state index contributed by atoms with van der Waals surface area (Å²) in [6.45, 7) is 1.24. The van der Waals surface area contributed by atoms with Crippen molar-refractivity contribution in [3.63, 3.8) is 0 Å². The second-order valence-corrected chi connectivity index (χ2v) is 4.26. The van der Waals surface area contributed by atoms with Crippen molar-refractivity contribution in [2.24, 2.45) is 0 Å². The van der Waals surface area contributed by atoms with Crippen molar-refractivity contribution in [3.05, 3.63) is 28.2 Å². The van der Waals surface area contributed by atoms with Crippen molar-refractivity contribution >= 4 is 33.6 Å². The number of hydrogen-bond donors (Lipinski definition) is 3. The third kappa shape index (κ3) is 3.66. The van der Waals surface area contributed by atoms with Crippen LogP contribution < -0.4 is 10.6 Å². The van der Waals surface area contributed by atoms with Gasteiger partial charge in [-0.3, -0.25) is 4.79 Å². The van der Waals surface area contributed by atoms with Crippen molar-refractivity contribution in [2.45, 2.75) is 13.0 Å². The molecule has 1 aromatic carbocycles. The van der Waals surface area contributed by atoms with Gasteiger partial charge in [-0.25, -0.2) is 13.6 Å². The summed E-state index contributed by atoms with van der Waals surface area (Å²) in [6, 6.07) is -0.449. The van der Waals surface area contributed by atoms with Gasteiger partial charge >= 0.3 is 12.0 Å². The normalized spacial score (nSPS) is 11.8. The SMILES string of the molecule is C[C@@H](NC(=O)Nc1cc(F)c(Br)cc1F)C(=O)O. The molecule has 0 aliphatic carbocycles. The summed E-state index contributed by atoms with van der Waals surface area (Å²) in [6.07, 6.45) is 0. The highest BCUT2D eigenvalue weighted by molar-refractivity contribution is 9.10. The molecule has 1 aromatic rings. The molecule has 0 radical (unpaired) electrons. The van der Waals surface area contributed by atoms with E-state index in [9.17, 15) is 18.4 Å². The number of carbonyl (C=O) groups is 2. The molecule has 0 aliphatic rings. The van der Waals surface area contributed by atoms with E-state index >= 15 is 0 Å². The molecule has 0 unspecified atom stereocenters. The van der Waals surface area contributed by atoms with Gasteiger partial charge in [0, 0.05) is 6.07 Å². The lowest BCUT2D eigenvalue weighted by Gasteiger charge is -2.11. The van der Waals surface area contributed by atoms with Crippen LogP contribution in [0.25, 0.3) is 0 Å². The molecule has 0 heterocycles. The Kier molecular flexibility index (Phi) is 4.60. The van der Waals surface area contributed by atoms with Gasteiger partial charge in [-0.1, -0.05) is 0 Å². The van der Waals surface area contributed by atoms with E-state index in [1.165, 1.54) is 6.92 Å². The van der Waals surface area contributed by atoms with Crippen molar-refractivity contribution in [3.8, 4) is 0 Å². The maximum atomic E-state index is 13.3. The predicted octanol–water partition coefficient (Wildman–Crippen LogP) is 2.32. The van der Waals surface area contributed by atoms with Gasteiger partial charge in [-0.2, -0.15) is 0 Å². The summed E-state index contributed by atoms with van der Waals surface area (Å²) in [5.41, 5.74) is -0.384. The first-order chi connectivity index (χ1) is 8.31. The third-order valence-corrected chi connectivity index (χ3v) is 2.58. The summed E-state index contributed by atoms with van der Waals surface area (Å²) in [4.78, 5) is 21.8. The Labute approximate surface area is 109 Å². The number of aliphatic carboxylic acids is 1. The fraction of sp³-hybridized carbons (Fsp3) is 0.200. The molecule has 0 bridgehead atoms. The van der Waals surface area contributed by atoms with E-state index in [0.29, 0.717) is 0 Å². The lowest BCUT2D eigenvalue weighted by Crippen LogP contribution is -2.41. The number of amides is 2. The molecule has 18 heavy (non-hydrogen) atoms. The Hall–Kier alpha value is -1.70. The molecule has 0 aromatic heterocycles. The number of benzene rings is 1. The molecular weight excluding hydrogens is 314 g/mol. The molecule has 0 saturated carbocycles. The van der Waals surface area contributed by atoms with Crippen LogP contribution in [0.15, 0.2) is 16.6 Å². The average Bonchev–Trinajstić information content (AvgIpc) is 2.25. The first-order valence-corrected chi connectivity index (χ1v) is 5.55. The number of urea groups is 1. The Bertz CT molecular complexity index is 496. The molecule has 1 atom stereocenters. The second-order valence-electron chi connectivity index (χ2n) is 3.40. The smallest absolute Gasteiger partial charge is 0.325 e. The van der Waals surface area contributed by atoms with E-state index in [-0.39, 0.29) is 10.2 Å². The summed E-state index contributed by atoms with van der Waals surface area (Å²) in [7, 11) is 0. The van der Waals surface area contributed by atoms with Crippen LogP contribution in [0.5, 0.6) is 0 Å². The Morgan fingerprint density at radius 2 is 1.94 bits per heavy atom. The number of rotatable bonds is 3. The Balaban J connectivity index is 2.76. The monoisotopic (exact) mass is 322 g/mol. The third-order valence-electron chi connectivity index (χ3n) is 1.98. The quantitative estimate of drug-likeness (QED) is 0.747. The van der Waals surface area contributed by atoms with E-state index in [1.54, 1.807) is 0 Å². The largest absolute Gasteiger partial charge is 0.480 e. The minimum absolute atomic E-state index is 0.0788. The standard InChI is InChI=1S/C10H9BrF2N2O3/c1-4(9(16)17)14-10(18)15-8-3-6(12)5(11)2-7(8)13/h2-4H,1H3,(H,16,17)(H2,14,15,18)/t4-/m1/s1. The van der Waals surface area contributed by atoms with E-state index in [4.69, 9.17) is 5.11 Å². The minimum atomic E-state index is -1.24. The van der Waals surface area contributed by atoms with Gasteiger partial charge < -0.3 is 15.7 Å². The van der Waals surface area contributed by atoms with Crippen molar-refractivity contribution in [1.82, 2.24) is 5.32 Å². The van der Waals surface area contributed by atoms with Crippen LogP contribution in [0.2, 0.25) is 0 Å². The summed E-state index contributed by atoms with van der Waals surface area (Å²) in [5.74, 6) is -2.84. The molecule has 8 heteroatoms. The average molecular weight is 323 g/mol. The number of anilines is 1. The van der Waals surface area contributed by atoms with Crippen molar-refractivity contribution in [2.75, 3.05) is 5.32 Å². The maximum Gasteiger partial charge on any atom is 0.325 e. The van der Waals surface area contributed by atoms with Crippen molar-refractivity contribution < 1.29 is 23.5 Å². The van der Waals surface area contributed by atoms with Crippen LogP contribution in [0.3, 0.4) is 0 Å². The fourth-order valence-corrected chi connectivity index (χ4v) is 1.35. The van der Waals surface area contributed by atoms with Crippen LogP contribution in [0, 0.1) is 11.6 Å². The second kappa shape index (κ2) is 5.76. The summed E-state index contributed by atoms with van der Waals surface area (Å²) < 4.78 is 26.4. The number of carbonyl (C=O) groups excluding carboxylic acids is 1. The van der Waals surface area contributed by atoms with Crippen LogP contribution >= 0.6 is 15.9 Å². The molecule has 0 fully saturated rings. The summed E-state index contributed by atoms with van der Waals surface area (Å²) >= 11 is 2.78. The van der Waals surface area contributed by atoms with Gasteiger partial charge in [-0.15, -0.1) is 0 Å². The van der Waals surface area contributed by atoms with Crippen LogP contribution in [0.1, 0.15) is 6.92 Å². The van der Waals surface area contributed by atoms with Gasteiger partial charge in [0.2, 0.25) is 0 Å². The highest BCUT2D eigenvalue weighted by Gasteiger charge is 2.16. The molecule has 0 aliphatic heterocycles. The summed E-state index contributed by atoms with van der Waals surface area (Å²) in [5, 5.41) is 12.6. The van der Waals surface area contributed by atoms with Gasteiger partial charge in [0.05, 0.1) is 10.2 Å². The Morgan fingerprint density at radius 3 is 2.50 bits per heavy atom. The van der Waals surface area contributed by atoms with E-state index in [1.807, 2.05) is 10.6 Å². The molecule has 5 nitrogen and oxygen atoms in total. The number of nitrogens with one attached hydrogen (secondary N) is 2. The maximum absolute atomic E-state index is 13.3. The first-order valence-electron chi connectivity index (χ1n) is 4.76. The molecule has 98 valence electrons. The fourth-order valence-electron chi connectivity index (χ4n) is 1.04. The predicted molar refractivity (Wildman–Crippen MR) is 63.3 cm³/mol. The molecule has 0 spiro atoms. The number of carboxylic acid groups (broad SMARTS) is 1. The molecular formula is C10H9BrF2N2O3. The van der Waals surface area contributed by atoms with Crippen LogP contribution in [-0.2, 0) is 4.79 Å². The highest BCUT2D eigenvalue weighted by Crippen LogP contribution is 2.23. The zero-order chi connectivity index (χ0) is 13.9. The highest BCUT2D eigenvalue weighted by atomic mass is 79.9. The number of hydrogen-bond acceptors (Lipinski definition) is 2. The molecule has 2 amide bonds. The van der Waals surface area contributed by atoms with Gasteiger partial charge in [0.1, 0.15) is 17.7 Å². The molecule has 3 N–H and O–H groups in total. The van der Waals surface area contributed by atoms with E-state index < -0.39 is 29.7 Å².